The van der Waals surface area contributed by atoms with Crippen LogP contribution >= 0.6 is 11.3 Å². The number of nitrogens with two attached hydrogens (primary N) is 2. The molecule has 162 valence electrons. The predicted octanol–water partition coefficient (Wildman–Crippen LogP) is 2.51. The van der Waals surface area contributed by atoms with Crippen molar-refractivity contribution < 1.29 is 9.59 Å². The van der Waals surface area contributed by atoms with E-state index in [9.17, 15) is 9.59 Å². The number of allylic oxidation sites excluding steroid dienone is 2. The van der Waals surface area contributed by atoms with Crippen LogP contribution in [0, 0.1) is 29.6 Å². The number of aromatic nitrogens is 1. The van der Waals surface area contributed by atoms with Gasteiger partial charge in [0, 0.05) is 17.0 Å². The lowest BCUT2D eigenvalue weighted by molar-refractivity contribution is -0.143. The Morgan fingerprint density at radius 3 is 2.40 bits per heavy atom. The molecule has 1 spiro atoms. The van der Waals surface area contributed by atoms with Crippen LogP contribution in [0.2, 0.25) is 0 Å². The van der Waals surface area contributed by atoms with Gasteiger partial charge in [0.25, 0.3) is 0 Å². The molecule has 0 unspecified atom stereocenters. The third-order valence-corrected chi connectivity index (χ3v) is 9.64. The van der Waals surface area contributed by atoms with Crippen molar-refractivity contribution in [3.05, 3.63) is 28.2 Å². The summed E-state index contributed by atoms with van der Waals surface area (Å²) in [6.07, 6.45) is 11.4. The molecule has 1 saturated heterocycles. The molecule has 2 heterocycles. The van der Waals surface area contributed by atoms with Gasteiger partial charge in [0.1, 0.15) is 10.4 Å². The maximum atomic E-state index is 13.3. The number of amides is 2. The van der Waals surface area contributed by atoms with E-state index in [1.165, 1.54) is 37.3 Å². The monoisotopic (exact) mass is 428 g/mol. The summed E-state index contributed by atoms with van der Waals surface area (Å²) in [7, 11) is 0. The van der Waals surface area contributed by atoms with E-state index in [2.05, 4.69) is 17.1 Å². The van der Waals surface area contributed by atoms with Crippen LogP contribution < -0.4 is 11.5 Å². The highest BCUT2D eigenvalue weighted by molar-refractivity contribution is 7.10. The first-order valence-corrected chi connectivity index (χ1v) is 12.2. The molecule has 4 N–H and O–H groups in total. The molecule has 0 aromatic carbocycles. The van der Waals surface area contributed by atoms with Crippen molar-refractivity contribution >= 4 is 23.2 Å². The maximum Gasteiger partial charge on any atom is 0.232 e. The molecule has 2 bridgehead atoms. The number of nitrogens with zero attached hydrogens (tertiary/aromatic N) is 2. The zero-order valence-electron chi connectivity index (χ0n) is 17.7. The second-order valence-corrected chi connectivity index (χ2v) is 10.7. The molecule has 2 amide bonds. The summed E-state index contributed by atoms with van der Waals surface area (Å²) < 4.78 is 0. The number of rotatable bonds is 8. The average Bonchev–Trinajstić information content (AvgIpc) is 3.04. The summed E-state index contributed by atoms with van der Waals surface area (Å²) in [5.74, 6) is -0.906. The third kappa shape index (κ3) is 2.42. The molecule has 1 aromatic rings. The molecular weight excluding hydrogens is 396 g/mol. The highest BCUT2D eigenvalue weighted by Gasteiger charge is 2.83. The van der Waals surface area contributed by atoms with Crippen molar-refractivity contribution in [1.82, 2.24) is 9.88 Å². The molecule has 7 heteroatoms. The van der Waals surface area contributed by atoms with Gasteiger partial charge < -0.3 is 16.4 Å². The van der Waals surface area contributed by atoms with Crippen molar-refractivity contribution in [1.29, 1.82) is 0 Å². The molecule has 3 aliphatic carbocycles. The van der Waals surface area contributed by atoms with Gasteiger partial charge in [-0.05, 0) is 76.4 Å². The van der Waals surface area contributed by atoms with Crippen LogP contribution in [0.4, 0.5) is 0 Å². The fourth-order valence-electron chi connectivity index (χ4n) is 7.22. The van der Waals surface area contributed by atoms with Crippen LogP contribution in [0.15, 0.2) is 17.5 Å². The molecule has 0 radical (unpaired) electrons. The molecule has 4 aliphatic rings. The minimum absolute atomic E-state index is 0.0176. The molecule has 4 atom stereocenters. The Kier molecular flexibility index (Phi) is 4.64. The Labute approximate surface area is 182 Å². The Morgan fingerprint density at radius 2 is 1.83 bits per heavy atom. The van der Waals surface area contributed by atoms with Gasteiger partial charge in [0.2, 0.25) is 11.8 Å². The number of thiazole rings is 1. The third-order valence-electron chi connectivity index (χ3n) is 8.54. The topological polar surface area (TPSA) is 102 Å². The summed E-state index contributed by atoms with van der Waals surface area (Å²) >= 11 is 1.46. The quantitative estimate of drug-likeness (QED) is 0.490. The van der Waals surface area contributed by atoms with E-state index in [-0.39, 0.29) is 23.2 Å². The molecule has 6 nitrogen and oxygen atoms in total. The number of likely N-dealkylation sites (tertiary alicyclic amines) is 1. The highest BCUT2D eigenvalue weighted by atomic mass is 32.1. The van der Waals surface area contributed by atoms with Crippen molar-refractivity contribution in [2.45, 2.75) is 57.3 Å². The van der Waals surface area contributed by atoms with Crippen LogP contribution in [0.1, 0.15) is 55.6 Å². The van der Waals surface area contributed by atoms with E-state index in [0.717, 1.165) is 37.9 Å². The minimum atomic E-state index is -1.12. The number of carbonyl (C=O) groups is 2. The lowest BCUT2D eigenvalue weighted by Gasteiger charge is -2.46. The van der Waals surface area contributed by atoms with E-state index < -0.39 is 16.7 Å². The smallest absolute Gasteiger partial charge is 0.232 e. The Bertz CT molecular complexity index is 901. The maximum absolute atomic E-state index is 13.3. The molecule has 5 rings (SSSR count). The summed E-state index contributed by atoms with van der Waals surface area (Å²) in [6.45, 7) is 5.30. The predicted molar refractivity (Wildman–Crippen MR) is 117 cm³/mol. The first kappa shape index (κ1) is 20.2. The van der Waals surface area contributed by atoms with E-state index in [1.54, 1.807) is 0 Å². The van der Waals surface area contributed by atoms with Gasteiger partial charge in [-0.2, -0.15) is 0 Å². The SMILES string of the molecule is Cc1csc([C@]2(C(N)=O)[C@H]3C=C[C@H](C34CC4)[C@@]2(CCCCN2CCCC2)C(N)=O)n1. The van der Waals surface area contributed by atoms with Crippen LogP contribution in [0.3, 0.4) is 0 Å². The van der Waals surface area contributed by atoms with Crippen molar-refractivity contribution in [2.24, 2.45) is 34.1 Å². The van der Waals surface area contributed by atoms with Gasteiger partial charge in [-0.15, -0.1) is 11.3 Å². The zero-order valence-corrected chi connectivity index (χ0v) is 18.5. The van der Waals surface area contributed by atoms with Crippen LogP contribution in [-0.2, 0) is 15.0 Å². The number of unbranched alkanes of at least 4 members (excludes halogenated alkanes) is 1. The van der Waals surface area contributed by atoms with E-state index in [1.807, 2.05) is 12.3 Å². The molecule has 1 aliphatic heterocycles. The Balaban J connectivity index is 1.55. The Morgan fingerprint density at radius 1 is 1.13 bits per heavy atom. The van der Waals surface area contributed by atoms with E-state index >= 15 is 0 Å². The second kappa shape index (κ2) is 6.89. The van der Waals surface area contributed by atoms with Gasteiger partial charge >= 0.3 is 0 Å². The summed E-state index contributed by atoms with van der Waals surface area (Å²) in [6, 6.07) is 0. The normalized spacial score (nSPS) is 36.0. The Hall–Kier alpha value is -1.73. The lowest BCUT2D eigenvalue weighted by atomic mass is 9.55. The number of hydrogen-bond donors (Lipinski definition) is 2. The number of hydrogen-bond acceptors (Lipinski definition) is 5. The first-order valence-electron chi connectivity index (χ1n) is 11.3. The summed E-state index contributed by atoms with van der Waals surface area (Å²) in [5.41, 5.74) is 11.1. The largest absolute Gasteiger partial charge is 0.369 e. The summed E-state index contributed by atoms with van der Waals surface area (Å²) in [4.78, 5) is 33.9. The standard InChI is InChI=1S/C23H32N4O2S/c1-15-14-30-20(26-15)23(19(25)29)17-7-6-16(21(17)9-10-21)22(23,18(24)28)8-2-3-11-27-12-4-5-13-27/h6-7,14,16-17H,2-5,8-13H2,1H3,(H2,24,28)(H2,25,29)/t16-,17+,22+,23-/m1/s1. The van der Waals surface area contributed by atoms with Gasteiger partial charge in [0.05, 0.1) is 5.41 Å². The van der Waals surface area contributed by atoms with Gasteiger partial charge in [-0.25, -0.2) is 4.98 Å². The van der Waals surface area contributed by atoms with E-state index in [4.69, 9.17) is 16.5 Å². The second-order valence-electron chi connectivity index (χ2n) is 9.88. The van der Waals surface area contributed by atoms with Gasteiger partial charge in [-0.1, -0.05) is 18.6 Å². The highest BCUT2D eigenvalue weighted by Crippen LogP contribution is 2.80. The number of aryl methyl sites for hydroxylation is 1. The van der Waals surface area contributed by atoms with Crippen LogP contribution in [-0.4, -0.2) is 41.3 Å². The number of carbonyl (C=O) groups excluding carboxylic acids is 2. The molecular formula is C23H32N4O2S. The van der Waals surface area contributed by atoms with E-state index in [0.29, 0.717) is 11.4 Å². The van der Waals surface area contributed by atoms with Crippen molar-refractivity contribution in [2.75, 3.05) is 19.6 Å². The molecule has 3 fully saturated rings. The minimum Gasteiger partial charge on any atom is -0.369 e. The molecule has 1 aromatic heterocycles. The first-order chi connectivity index (χ1) is 14.4. The van der Waals surface area contributed by atoms with Crippen LogP contribution in [0.25, 0.3) is 0 Å². The zero-order chi connectivity index (χ0) is 21.1. The lowest BCUT2D eigenvalue weighted by Crippen LogP contribution is -2.62. The fraction of sp³-hybridized carbons (Fsp3) is 0.696. The molecule has 2 saturated carbocycles. The fourth-order valence-corrected chi connectivity index (χ4v) is 8.35. The summed E-state index contributed by atoms with van der Waals surface area (Å²) in [5, 5.41) is 2.64. The van der Waals surface area contributed by atoms with Gasteiger partial charge in [-0.3, -0.25) is 9.59 Å². The van der Waals surface area contributed by atoms with Crippen LogP contribution in [0.5, 0.6) is 0 Å². The van der Waals surface area contributed by atoms with Gasteiger partial charge in [0.15, 0.2) is 0 Å². The molecule has 30 heavy (non-hydrogen) atoms. The number of primary amides is 2. The average molecular weight is 429 g/mol. The van der Waals surface area contributed by atoms with Crippen molar-refractivity contribution in [3.63, 3.8) is 0 Å². The van der Waals surface area contributed by atoms with Crippen molar-refractivity contribution in [3.8, 4) is 0 Å².